The van der Waals surface area contributed by atoms with Crippen LogP contribution in [0.15, 0.2) is 0 Å². The van der Waals surface area contributed by atoms with E-state index < -0.39 is 0 Å². The first kappa shape index (κ1) is 14.8. The van der Waals surface area contributed by atoms with Gasteiger partial charge in [0.1, 0.15) is 0 Å². The highest BCUT2D eigenvalue weighted by Gasteiger charge is 2.22. The van der Waals surface area contributed by atoms with Crippen LogP contribution in [0.4, 0.5) is 17.8 Å². The molecule has 0 aromatic carbocycles. The molecule has 112 valence electrons. The molecule has 4 N–H and O–H groups in total. The van der Waals surface area contributed by atoms with Crippen LogP contribution in [0.2, 0.25) is 0 Å². The van der Waals surface area contributed by atoms with E-state index >= 15 is 0 Å². The zero-order chi connectivity index (χ0) is 14.6. The van der Waals surface area contributed by atoms with Crippen molar-refractivity contribution in [3.05, 3.63) is 0 Å². The van der Waals surface area contributed by atoms with E-state index in [1.807, 2.05) is 0 Å². The lowest BCUT2D eigenvalue weighted by atomic mass is 9.96. The number of rotatable bonds is 6. The Kier molecular flexibility index (Phi) is 4.59. The quantitative estimate of drug-likeness (QED) is 0.539. The molecule has 0 atom stereocenters. The third-order valence-electron chi connectivity index (χ3n) is 4.12. The van der Waals surface area contributed by atoms with Gasteiger partial charge in [-0.05, 0) is 32.6 Å². The highest BCUT2D eigenvalue weighted by Crippen LogP contribution is 2.22. The first-order chi connectivity index (χ1) is 9.60. The molecule has 0 saturated carbocycles. The van der Waals surface area contributed by atoms with E-state index in [4.69, 9.17) is 5.84 Å². The summed E-state index contributed by atoms with van der Waals surface area (Å²) in [4.78, 5) is 15.4. The number of nitrogen functional groups attached to an aromatic ring is 1. The van der Waals surface area contributed by atoms with E-state index in [9.17, 15) is 0 Å². The van der Waals surface area contributed by atoms with E-state index in [0.717, 1.165) is 25.9 Å². The van der Waals surface area contributed by atoms with Crippen molar-refractivity contribution >= 4 is 17.8 Å². The topological polar surface area (TPSA) is 92.0 Å². The predicted molar refractivity (Wildman–Crippen MR) is 81.7 cm³/mol. The van der Waals surface area contributed by atoms with Gasteiger partial charge in [-0.2, -0.15) is 15.0 Å². The Morgan fingerprint density at radius 1 is 1.10 bits per heavy atom. The lowest BCUT2D eigenvalue weighted by Crippen LogP contribution is -2.34. The number of anilines is 3. The lowest BCUT2D eigenvalue weighted by Gasteiger charge is -2.28. The van der Waals surface area contributed by atoms with Crippen LogP contribution in [0.25, 0.3) is 0 Å². The van der Waals surface area contributed by atoms with E-state index in [-0.39, 0.29) is 5.54 Å². The third kappa shape index (κ3) is 3.27. The summed E-state index contributed by atoms with van der Waals surface area (Å²) in [5.74, 6) is 7.15. The summed E-state index contributed by atoms with van der Waals surface area (Å²) in [6.07, 6.45) is 4.36. The highest BCUT2D eigenvalue weighted by atomic mass is 15.4. The zero-order valence-electron chi connectivity index (χ0n) is 12.6. The van der Waals surface area contributed by atoms with Crippen molar-refractivity contribution < 1.29 is 0 Å². The molecular weight excluding hydrogens is 254 g/mol. The Bertz CT molecular complexity index is 438. The van der Waals surface area contributed by atoms with Crippen LogP contribution in [-0.4, -0.2) is 33.6 Å². The van der Waals surface area contributed by atoms with Crippen LogP contribution >= 0.6 is 0 Å². The summed E-state index contributed by atoms with van der Waals surface area (Å²) in [7, 11) is 0. The van der Waals surface area contributed by atoms with Gasteiger partial charge >= 0.3 is 0 Å². The van der Waals surface area contributed by atoms with E-state index in [1.54, 1.807) is 0 Å². The van der Waals surface area contributed by atoms with Crippen molar-refractivity contribution in [2.75, 3.05) is 28.7 Å². The van der Waals surface area contributed by atoms with Crippen molar-refractivity contribution in [2.45, 2.75) is 52.0 Å². The first-order valence-corrected chi connectivity index (χ1v) is 7.36. The third-order valence-corrected chi connectivity index (χ3v) is 4.12. The van der Waals surface area contributed by atoms with Crippen LogP contribution in [0.5, 0.6) is 0 Å². The molecule has 1 aromatic rings. The van der Waals surface area contributed by atoms with Crippen LogP contribution in [0, 0.1) is 0 Å². The van der Waals surface area contributed by atoms with Crippen LogP contribution < -0.4 is 21.5 Å². The van der Waals surface area contributed by atoms with Gasteiger partial charge in [0, 0.05) is 18.6 Å². The maximum absolute atomic E-state index is 5.47. The molecule has 0 amide bonds. The molecule has 1 aromatic heterocycles. The number of nitrogens with two attached hydrogens (primary N) is 1. The van der Waals surface area contributed by atoms with E-state index in [1.165, 1.54) is 12.8 Å². The van der Waals surface area contributed by atoms with Gasteiger partial charge in [0.05, 0.1) is 0 Å². The molecule has 0 unspecified atom stereocenters. The average Bonchev–Trinajstić information content (AvgIpc) is 3.01. The number of nitrogens with one attached hydrogen (secondary N) is 2. The fourth-order valence-electron chi connectivity index (χ4n) is 2.24. The largest absolute Gasteiger partial charge is 0.349 e. The Morgan fingerprint density at radius 3 is 2.25 bits per heavy atom. The minimum Gasteiger partial charge on any atom is -0.349 e. The van der Waals surface area contributed by atoms with Crippen molar-refractivity contribution in [1.29, 1.82) is 0 Å². The van der Waals surface area contributed by atoms with Gasteiger partial charge < -0.3 is 10.2 Å². The molecule has 0 radical (unpaired) electrons. The molecular formula is C13H25N7. The van der Waals surface area contributed by atoms with Crippen molar-refractivity contribution in [2.24, 2.45) is 5.84 Å². The second kappa shape index (κ2) is 6.21. The zero-order valence-corrected chi connectivity index (χ0v) is 12.6. The van der Waals surface area contributed by atoms with Gasteiger partial charge in [-0.25, -0.2) is 5.84 Å². The summed E-state index contributed by atoms with van der Waals surface area (Å²) < 4.78 is 0. The van der Waals surface area contributed by atoms with Crippen molar-refractivity contribution in [3.8, 4) is 0 Å². The lowest BCUT2D eigenvalue weighted by molar-refractivity contribution is 0.474. The Morgan fingerprint density at radius 2 is 1.70 bits per heavy atom. The Hall–Kier alpha value is -1.63. The molecule has 7 heteroatoms. The molecule has 7 nitrogen and oxygen atoms in total. The van der Waals surface area contributed by atoms with Gasteiger partial charge in [0.2, 0.25) is 17.8 Å². The number of aromatic nitrogens is 3. The standard InChI is InChI=1S/C13H25N7/c1-4-13(3,5-2)18-10-15-11(19-14)17-12(16-10)20-8-6-7-9-20/h4-9,14H2,1-3H3,(H2,15,16,17,18,19). The smallest absolute Gasteiger partial charge is 0.243 e. The summed E-state index contributed by atoms with van der Waals surface area (Å²) in [5, 5.41) is 3.41. The maximum atomic E-state index is 5.47. The number of hydrogen-bond acceptors (Lipinski definition) is 7. The molecule has 0 bridgehead atoms. The van der Waals surface area contributed by atoms with Crippen molar-refractivity contribution in [3.63, 3.8) is 0 Å². The number of hydrazine groups is 1. The summed E-state index contributed by atoms with van der Waals surface area (Å²) in [6, 6.07) is 0. The van der Waals surface area contributed by atoms with Crippen LogP contribution in [-0.2, 0) is 0 Å². The van der Waals surface area contributed by atoms with Crippen molar-refractivity contribution in [1.82, 2.24) is 15.0 Å². The maximum Gasteiger partial charge on any atom is 0.243 e. The van der Waals surface area contributed by atoms with Gasteiger partial charge in [-0.15, -0.1) is 0 Å². The highest BCUT2D eigenvalue weighted by molar-refractivity contribution is 5.44. The Labute approximate surface area is 120 Å². The number of hydrogen-bond donors (Lipinski definition) is 3. The van der Waals surface area contributed by atoms with Gasteiger partial charge in [-0.3, -0.25) is 5.43 Å². The normalized spacial score (nSPS) is 15.5. The van der Waals surface area contributed by atoms with Crippen LogP contribution in [0.1, 0.15) is 46.5 Å². The molecule has 0 spiro atoms. The number of nitrogens with zero attached hydrogens (tertiary/aromatic N) is 4. The van der Waals surface area contributed by atoms with Gasteiger partial charge in [0.15, 0.2) is 0 Å². The second-order valence-corrected chi connectivity index (χ2v) is 5.51. The molecule has 2 rings (SSSR count). The fraction of sp³-hybridized carbons (Fsp3) is 0.769. The monoisotopic (exact) mass is 279 g/mol. The second-order valence-electron chi connectivity index (χ2n) is 5.51. The van der Waals surface area contributed by atoms with Gasteiger partial charge in [-0.1, -0.05) is 13.8 Å². The molecule has 0 aliphatic carbocycles. The average molecular weight is 279 g/mol. The summed E-state index contributed by atoms with van der Waals surface area (Å²) >= 11 is 0. The molecule has 2 heterocycles. The minimum absolute atomic E-state index is 0.0184. The molecule has 1 aliphatic rings. The molecule has 1 fully saturated rings. The Balaban J connectivity index is 2.25. The SMILES string of the molecule is CCC(C)(CC)Nc1nc(NN)nc(N2CCCC2)n1. The summed E-state index contributed by atoms with van der Waals surface area (Å²) in [5.41, 5.74) is 2.51. The molecule has 1 saturated heterocycles. The molecule has 20 heavy (non-hydrogen) atoms. The van der Waals surface area contributed by atoms with Crippen LogP contribution in [0.3, 0.4) is 0 Å². The molecule has 1 aliphatic heterocycles. The fourth-order valence-corrected chi connectivity index (χ4v) is 2.24. The minimum atomic E-state index is -0.0184. The summed E-state index contributed by atoms with van der Waals surface area (Å²) in [6.45, 7) is 8.46. The van der Waals surface area contributed by atoms with E-state index in [0.29, 0.717) is 17.8 Å². The van der Waals surface area contributed by atoms with E-state index in [2.05, 4.69) is 51.4 Å². The first-order valence-electron chi connectivity index (χ1n) is 7.36. The predicted octanol–water partition coefficient (Wildman–Crippen LogP) is 1.75. The van der Waals surface area contributed by atoms with Gasteiger partial charge in [0.25, 0.3) is 0 Å².